The molecule has 0 rings (SSSR count). The number of nitrogens with one attached hydrogen (secondary N) is 3. The van der Waals surface area contributed by atoms with Crippen molar-refractivity contribution in [1.29, 1.82) is 0 Å². The fourth-order valence-electron chi connectivity index (χ4n) is 1.42. The fraction of sp³-hybridized carbons (Fsp3) is 0.667. The van der Waals surface area contributed by atoms with Gasteiger partial charge in [0, 0.05) is 0 Å². The highest BCUT2D eigenvalue weighted by molar-refractivity contribution is 5.94. The van der Waals surface area contributed by atoms with E-state index in [9.17, 15) is 19.2 Å². The second-order valence-corrected chi connectivity index (χ2v) is 4.86. The zero-order valence-corrected chi connectivity index (χ0v) is 12.9. The first kappa shape index (κ1) is 21.7. The fourth-order valence-corrected chi connectivity index (χ4v) is 1.42. The van der Waals surface area contributed by atoms with Crippen molar-refractivity contribution in [2.75, 3.05) is 19.8 Å². The first-order chi connectivity index (χ1) is 11.2. The summed E-state index contributed by atoms with van der Waals surface area (Å²) in [6, 6.07) is -5.52. The summed E-state index contributed by atoms with van der Waals surface area (Å²) in [7, 11) is 0. The summed E-state index contributed by atoms with van der Waals surface area (Å²) in [6.07, 6.45) is 0. The zero-order chi connectivity index (χ0) is 18.9. The van der Waals surface area contributed by atoms with E-state index in [0.717, 1.165) is 0 Å². The lowest BCUT2D eigenvalue weighted by Crippen LogP contribution is -2.59. The maximum Gasteiger partial charge on any atom is 0.328 e. The summed E-state index contributed by atoms with van der Waals surface area (Å²) in [5.74, 6) is -4.29. The molecule has 4 atom stereocenters. The van der Waals surface area contributed by atoms with Crippen molar-refractivity contribution in [3.63, 3.8) is 0 Å². The van der Waals surface area contributed by atoms with Gasteiger partial charge in [0.15, 0.2) is 0 Å². The minimum absolute atomic E-state index is 0.722. The molecule has 0 aliphatic heterocycles. The van der Waals surface area contributed by atoms with E-state index in [0.29, 0.717) is 0 Å². The number of rotatable bonds is 10. The molecule has 0 saturated heterocycles. The molecule has 0 fully saturated rings. The van der Waals surface area contributed by atoms with Gasteiger partial charge in [-0.05, 0) is 6.92 Å². The van der Waals surface area contributed by atoms with Gasteiger partial charge in [0.1, 0.15) is 18.1 Å². The number of nitrogens with two attached hydrogens (primary N) is 1. The van der Waals surface area contributed by atoms with Gasteiger partial charge in [-0.2, -0.15) is 0 Å². The Morgan fingerprint density at radius 3 is 1.42 bits per heavy atom. The van der Waals surface area contributed by atoms with Gasteiger partial charge in [-0.3, -0.25) is 14.4 Å². The average Bonchev–Trinajstić information content (AvgIpc) is 2.53. The molecule has 4 unspecified atom stereocenters. The Balaban J connectivity index is 4.83. The van der Waals surface area contributed by atoms with Crippen LogP contribution in [0.3, 0.4) is 0 Å². The predicted octanol–water partition coefficient (Wildman–Crippen LogP) is -5.15. The number of carbonyl (C=O) groups excluding carboxylic acids is 3. The second kappa shape index (κ2) is 10.5. The van der Waals surface area contributed by atoms with E-state index in [4.69, 9.17) is 26.2 Å². The van der Waals surface area contributed by atoms with Gasteiger partial charge >= 0.3 is 5.97 Å². The van der Waals surface area contributed by atoms with Gasteiger partial charge in [-0.15, -0.1) is 0 Å². The predicted molar refractivity (Wildman–Crippen MR) is 78.3 cm³/mol. The second-order valence-electron chi connectivity index (χ2n) is 4.86. The van der Waals surface area contributed by atoms with E-state index in [1.807, 2.05) is 10.6 Å². The summed E-state index contributed by atoms with van der Waals surface area (Å²) in [6.45, 7) is -1.21. The van der Waals surface area contributed by atoms with Crippen molar-refractivity contribution in [2.45, 2.75) is 31.1 Å². The third-order valence-electron chi connectivity index (χ3n) is 2.84. The van der Waals surface area contributed by atoms with E-state index in [-0.39, 0.29) is 0 Å². The van der Waals surface area contributed by atoms with Gasteiger partial charge in [-0.25, -0.2) is 4.79 Å². The molecule has 24 heavy (non-hydrogen) atoms. The first-order valence-electron chi connectivity index (χ1n) is 6.89. The third-order valence-corrected chi connectivity index (χ3v) is 2.84. The molecule has 0 aromatic rings. The standard InChI is InChI=1S/C12H22N4O8/c1-5(13)9(20)14-6(2-17)10(21)15-7(3-18)11(22)16-8(4-19)12(23)24/h5-8,17-19H,2-4,13H2,1H3,(H,14,20)(H,15,21)(H,16,22)(H,23,24). The summed E-state index contributed by atoms with van der Waals surface area (Å²) in [4.78, 5) is 45.8. The quantitative estimate of drug-likeness (QED) is 0.189. The molecule has 12 heteroatoms. The molecule has 0 aliphatic rings. The highest BCUT2D eigenvalue weighted by Gasteiger charge is 2.29. The number of hydrogen-bond donors (Lipinski definition) is 8. The highest BCUT2D eigenvalue weighted by Crippen LogP contribution is 1.92. The molecule has 12 nitrogen and oxygen atoms in total. The van der Waals surface area contributed by atoms with E-state index in [2.05, 4.69) is 5.32 Å². The number of carboxylic acid groups (broad SMARTS) is 1. The number of amides is 3. The number of aliphatic carboxylic acids is 1. The van der Waals surface area contributed by atoms with Crippen molar-refractivity contribution in [3.8, 4) is 0 Å². The van der Waals surface area contributed by atoms with Gasteiger partial charge in [0.05, 0.1) is 25.9 Å². The van der Waals surface area contributed by atoms with Gasteiger partial charge in [-0.1, -0.05) is 0 Å². The molecular formula is C12H22N4O8. The number of carboxylic acids is 1. The molecule has 3 amide bonds. The SMILES string of the molecule is CC(N)C(=O)NC(CO)C(=O)NC(CO)C(=O)NC(CO)C(=O)O. The molecule has 0 aliphatic carbocycles. The lowest BCUT2D eigenvalue weighted by atomic mass is 10.2. The minimum atomic E-state index is -1.62. The van der Waals surface area contributed by atoms with Crippen LogP contribution in [-0.2, 0) is 19.2 Å². The number of carbonyl (C=O) groups is 4. The summed E-state index contributed by atoms with van der Waals surface area (Å²) >= 11 is 0. The van der Waals surface area contributed by atoms with E-state index >= 15 is 0 Å². The molecular weight excluding hydrogens is 328 g/mol. The Kier molecular flexibility index (Phi) is 9.49. The van der Waals surface area contributed by atoms with Crippen LogP contribution in [0.4, 0.5) is 0 Å². The Labute approximate surface area is 137 Å². The normalized spacial score (nSPS) is 15.5. The Morgan fingerprint density at radius 1 is 0.792 bits per heavy atom. The monoisotopic (exact) mass is 350 g/mol. The Bertz CT molecular complexity index is 470. The van der Waals surface area contributed by atoms with Crippen LogP contribution in [0, 0.1) is 0 Å². The lowest BCUT2D eigenvalue weighted by Gasteiger charge is -2.22. The smallest absolute Gasteiger partial charge is 0.328 e. The molecule has 0 spiro atoms. The summed E-state index contributed by atoms with van der Waals surface area (Å²) in [5.41, 5.74) is 5.30. The van der Waals surface area contributed by atoms with Crippen LogP contribution in [0.2, 0.25) is 0 Å². The number of hydrogen-bond acceptors (Lipinski definition) is 8. The maximum absolute atomic E-state index is 11.9. The van der Waals surface area contributed by atoms with Crippen LogP contribution >= 0.6 is 0 Å². The van der Waals surface area contributed by atoms with Crippen molar-refractivity contribution < 1.29 is 39.6 Å². The van der Waals surface area contributed by atoms with Gasteiger partial charge in [0.2, 0.25) is 17.7 Å². The van der Waals surface area contributed by atoms with Crippen molar-refractivity contribution in [1.82, 2.24) is 16.0 Å². The summed E-state index contributed by atoms with van der Waals surface area (Å²) in [5, 5.41) is 41.9. The molecule has 0 heterocycles. The van der Waals surface area contributed by atoms with Crippen LogP contribution in [-0.4, -0.2) is 88.1 Å². The van der Waals surface area contributed by atoms with Crippen molar-refractivity contribution in [2.24, 2.45) is 5.73 Å². The minimum Gasteiger partial charge on any atom is -0.480 e. The van der Waals surface area contributed by atoms with Gasteiger partial charge < -0.3 is 42.1 Å². The van der Waals surface area contributed by atoms with Crippen LogP contribution in [0.15, 0.2) is 0 Å². The highest BCUT2D eigenvalue weighted by atomic mass is 16.4. The van der Waals surface area contributed by atoms with Crippen LogP contribution in [0.25, 0.3) is 0 Å². The summed E-state index contributed by atoms with van der Waals surface area (Å²) < 4.78 is 0. The number of aliphatic hydroxyl groups is 3. The molecule has 0 saturated carbocycles. The zero-order valence-electron chi connectivity index (χ0n) is 12.9. The molecule has 0 bridgehead atoms. The van der Waals surface area contributed by atoms with Crippen molar-refractivity contribution in [3.05, 3.63) is 0 Å². The van der Waals surface area contributed by atoms with Crippen LogP contribution in [0.1, 0.15) is 6.92 Å². The Hall–Kier alpha value is -2.28. The molecule has 0 aromatic heterocycles. The molecule has 0 aromatic carbocycles. The van der Waals surface area contributed by atoms with Crippen LogP contribution < -0.4 is 21.7 Å². The number of aliphatic hydroxyl groups excluding tert-OH is 3. The largest absolute Gasteiger partial charge is 0.480 e. The van der Waals surface area contributed by atoms with Crippen molar-refractivity contribution >= 4 is 23.7 Å². The van der Waals surface area contributed by atoms with Gasteiger partial charge in [0.25, 0.3) is 0 Å². The van der Waals surface area contributed by atoms with Crippen LogP contribution in [0.5, 0.6) is 0 Å². The van der Waals surface area contributed by atoms with E-state index < -0.39 is 67.7 Å². The topological polar surface area (TPSA) is 211 Å². The maximum atomic E-state index is 11.9. The first-order valence-corrected chi connectivity index (χ1v) is 6.89. The van der Waals surface area contributed by atoms with E-state index in [1.54, 1.807) is 0 Å². The lowest BCUT2D eigenvalue weighted by molar-refractivity contribution is -0.143. The molecule has 9 N–H and O–H groups in total. The molecule has 0 radical (unpaired) electrons. The molecule has 138 valence electrons. The third kappa shape index (κ3) is 6.87. The Morgan fingerprint density at radius 2 is 1.12 bits per heavy atom. The average molecular weight is 350 g/mol. The van der Waals surface area contributed by atoms with E-state index in [1.165, 1.54) is 6.92 Å².